The summed E-state index contributed by atoms with van der Waals surface area (Å²) in [6.45, 7) is 8.64. The monoisotopic (exact) mass is 575 g/mol. The Bertz CT molecular complexity index is 1300. The average Bonchev–Trinajstić information content (AvgIpc) is 3.77. The molecule has 2 amide bonds. The highest BCUT2D eigenvalue weighted by atomic mass is 16.7. The summed E-state index contributed by atoms with van der Waals surface area (Å²) in [5, 5.41) is 3.41. The summed E-state index contributed by atoms with van der Waals surface area (Å²) in [5.74, 6) is 0.237. The SMILES string of the molecule is CC(C)(C)c1ccc(N(C(=O)C2COC3OCCC32)C(C(=O)NC2CC3CO[C@H]4OCC[C@@H]2[C@@H]34)c2cccnc2)cc1. The number of carbonyl (C=O) groups excluding carboxylic acids is 2. The van der Waals surface area contributed by atoms with Gasteiger partial charge in [0.2, 0.25) is 11.8 Å². The molecule has 1 saturated carbocycles. The summed E-state index contributed by atoms with van der Waals surface area (Å²) in [6, 6.07) is 10.9. The van der Waals surface area contributed by atoms with E-state index in [0.717, 1.165) is 24.8 Å². The van der Waals surface area contributed by atoms with E-state index >= 15 is 0 Å². The number of aromatic nitrogens is 1. The maximum Gasteiger partial charge on any atom is 0.248 e. The largest absolute Gasteiger partial charge is 0.352 e. The Morgan fingerprint density at radius 1 is 0.952 bits per heavy atom. The van der Waals surface area contributed by atoms with Crippen molar-refractivity contribution in [3.8, 4) is 0 Å². The molecule has 1 aliphatic carbocycles. The third kappa shape index (κ3) is 4.94. The van der Waals surface area contributed by atoms with Gasteiger partial charge in [-0.15, -0.1) is 0 Å². The summed E-state index contributed by atoms with van der Waals surface area (Å²) in [5.41, 5.74) is 2.46. The number of ether oxygens (including phenoxy) is 4. The minimum absolute atomic E-state index is 0.00427. The number of fused-ring (bicyclic) bond motifs is 1. The molecule has 0 spiro atoms. The highest BCUT2D eigenvalue weighted by molar-refractivity contribution is 6.02. The molecule has 5 fully saturated rings. The van der Waals surface area contributed by atoms with Crippen molar-refractivity contribution in [3.05, 3.63) is 59.9 Å². The highest BCUT2D eigenvalue weighted by Crippen LogP contribution is 2.49. The molecule has 0 bridgehead atoms. The standard InChI is InChI=1S/C33H41N3O6/c1-33(2,3)21-6-8-22(9-7-21)36(30(38)25-18-42-31-23(25)10-13-39-31)28(19-5-4-12-34-16-19)29(37)35-26-15-20-17-41-32-27(20)24(26)11-14-40-32/h4-9,12,16,20,23-28,31-32H,10-11,13-15,17-18H2,1-3H3,(H,35,37)/t20?,23?,24-,25?,26?,27+,28?,31?,32+/m0/s1. The van der Waals surface area contributed by atoms with Crippen molar-refractivity contribution in [2.75, 3.05) is 31.3 Å². The van der Waals surface area contributed by atoms with E-state index < -0.39 is 12.0 Å². The molecule has 4 saturated heterocycles. The van der Waals surface area contributed by atoms with Crippen molar-refractivity contribution in [2.24, 2.45) is 29.6 Å². The van der Waals surface area contributed by atoms with Crippen molar-refractivity contribution in [3.63, 3.8) is 0 Å². The molecule has 224 valence electrons. The molecule has 42 heavy (non-hydrogen) atoms. The van der Waals surface area contributed by atoms with Gasteiger partial charge in [0.05, 0.1) is 32.3 Å². The van der Waals surface area contributed by atoms with Gasteiger partial charge in [-0.25, -0.2) is 0 Å². The highest BCUT2D eigenvalue weighted by Gasteiger charge is 2.54. The molecule has 7 rings (SSSR count). The number of nitrogens with one attached hydrogen (secondary N) is 1. The third-order valence-corrected chi connectivity index (χ3v) is 10.1. The van der Waals surface area contributed by atoms with E-state index in [1.807, 2.05) is 24.3 Å². The first-order valence-corrected chi connectivity index (χ1v) is 15.4. The first-order valence-electron chi connectivity index (χ1n) is 15.4. The zero-order chi connectivity index (χ0) is 29.0. The number of carbonyl (C=O) groups is 2. The van der Waals surface area contributed by atoms with Gasteiger partial charge in [0.1, 0.15) is 6.04 Å². The van der Waals surface area contributed by atoms with Crippen LogP contribution in [-0.4, -0.2) is 61.8 Å². The predicted molar refractivity (Wildman–Crippen MR) is 154 cm³/mol. The van der Waals surface area contributed by atoms with Crippen LogP contribution in [0.5, 0.6) is 0 Å². The van der Waals surface area contributed by atoms with E-state index in [-0.39, 0.29) is 48.4 Å². The minimum Gasteiger partial charge on any atom is -0.352 e. The maximum absolute atomic E-state index is 14.6. The van der Waals surface area contributed by atoms with Gasteiger partial charge in [-0.1, -0.05) is 39.0 Å². The molecule has 1 aromatic heterocycles. The quantitative estimate of drug-likeness (QED) is 0.557. The van der Waals surface area contributed by atoms with Crippen LogP contribution < -0.4 is 10.2 Å². The second-order valence-corrected chi connectivity index (χ2v) is 13.5. The molecular weight excluding hydrogens is 534 g/mol. The normalized spacial score (nSPS) is 34.1. The Kier molecular flexibility index (Phi) is 7.33. The Balaban J connectivity index is 1.25. The lowest BCUT2D eigenvalue weighted by molar-refractivity contribution is -0.167. The van der Waals surface area contributed by atoms with Gasteiger partial charge in [-0.3, -0.25) is 19.5 Å². The molecule has 1 aromatic carbocycles. The number of nitrogens with zero attached hydrogens (tertiary/aromatic N) is 2. The number of amides is 2. The van der Waals surface area contributed by atoms with Gasteiger partial charge < -0.3 is 24.3 Å². The molecule has 5 aliphatic rings. The second kappa shape index (κ2) is 11.0. The van der Waals surface area contributed by atoms with Crippen LogP contribution in [0.2, 0.25) is 0 Å². The van der Waals surface area contributed by atoms with Gasteiger partial charge in [0, 0.05) is 41.5 Å². The summed E-state index contributed by atoms with van der Waals surface area (Å²) in [4.78, 5) is 35.2. The molecule has 5 heterocycles. The molecular formula is C33H41N3O6. The number of rotatable bonds is 6. The van der Waals surface area contributed by atoms with Gasteiger partial charge >= 0.3 is 0 Å². The molecule has 9 heteroatoms. The van der Waals surface area contributed by atoms with Crippen molar-refractivity contribution < 1.29 is 28.5 Å². The summed E-state index contributed by atoms with van der Waals surface area (Å²) >= 11 is 0. The molecule has 4 aliphatic heterocycles. The molecule has 2 aromatic rings. The zero-order valence-electron chi connectivity index (χ0n) is 24.6. The van der Waals surface area contributed by atoms with Gasteiger partial charge in [0.25, 0.3) is 0 Å². The summed E-state index contributed by atoms with van der Waals surface area (Å²) in [7, 11) is 0. The number of pyridine rings is 1. The zero-order valence-corrected chi connectivity index (χ0v) is 24.6. The third-order valence-electron chi connectivity index (χ3n) is 10.1. The first kappa shape index (κ1) is 28.0. The minimum atomic E-state index is -0.889. The molecule has 6 unspecified atom stereocenters. The van der Waals surface area contributed by atoms with E-state index in [4.69, 9.17) is 18.9 Å². The van der Waals surface area contributed by atoms with Crippen molar-refractivity contribution in [1.29, 1.82) is 0 Å². The maximum atomic E-state index is 14.6. The fourth-order valence-corrected chi connectivity index (χ4v) is 7.89. The van der Waals surface area contributed by atoms with Crippen LogP contribution >= 0.6 is 0 Å². The summed E-state index contributed by atoms with van der Waals surface area (Å²) < 4.78 is 23.4. The van der Waals surface area contributed by atoms with E-state index in [2.05, 4.69) is 43.2 Å². The lowest BCUT2D eigenvalue weighted by atomic mass is 9.86. The summed E-state index contributed by atoms with van der Waals surface area (Å²) in [6.07, 6.45) is 5.36. The Hall–Kier alpha value is -2.85. The average molecular weight is 576 g/mol. The van der Waals surface area contributed by atoms with Crippen molar-refractivity contribution in [2.45, 2.75) is 70.1 Å². The van der Waals surface area contributed by atoms with Gasteiger partial charge in [-0.05, 0) is 60.3 Å². The number of anilines is 1. The lowest BCUT2D eigenvalue weighted by Gasteiger charge is -2.36. The molecule has 9 nitrogen and oxygen atoms in total. The van der Waals surface area contributed by atoms with E-state index in [1.165, 1.54) is 0 Å². The van der Waals surface area contributed by atoms with Crippen LogP contribution in [0.1, 0.15) is 57.2 Å². The van der Waals surface area contributed by atoms with Crippen LogP contribution in [0.15, 0.2) is 48.8 Å². The fraction of sp³-hybridized carbons (Fsp3) is 0.606. The lowest BCUT2D eigenvalue weighted by Crippen LogP contribution is -2.51. The smallest absolute Gasteiger partial charge is 0.248 e. The van der Waals surface area contributed by atoms with E-state index in [9.17, 15) is 9.59 Å². The number of hydrogen-bond acceptors (Lipinski definition) is 7. The van der Waals surface area contributed by atoms with Gasteiger partial charge in [-0.2, -0.15) is 0 Å². The van der Waals surface area contributed by atoms with Crippen molar-refractivity contribution in [1.82, 2.24) is 10.3 Å². The Morgan fingerprint density at radius 3 is 2.43 bits per heavy atom. The van der Waals surface area contributed by atoms with Crippen LogP contribution in [-0.2, 0) is 34.0 Å². The van der Waals surface area contributed by atoms with E-state index in [0.29, 0.717) is 48.8 Å². The predicted octanol–water partition coefficient (Wildman–Crippen LogP) is 3.98. The molecule has 0 radical (unpaired) electrons. The van der Waals surface area contributed by atoms with Gasteiger partial charge in [0.15, 0.2) is 12.6 Å². The number of benzene rings is 1. The molecule has 1 N–H and O–H groups in total. The Morgan fingerprint density at radius 2 is 1.69 bits per heavy atom. The second-order valence-electron chi connectivity index (χ2n) is 13.5. The first-order chi connectivity index (χ1) is 20.3. The van der Waals surface area contributed by atoms with Crippen LogP contribution in [0.3, 0.4) is 0 Å². The van der Waals surface area contributed by atoms with E-state index in [1.54, 1.807) is 17.3 Å². The topological polar surface area (TPSA) is 99.2 Å². The van der Waals surface area contributed by atoms with Crippen LogP contribution in [0, 0.1) is 29.6 Å². The van der Waals surface area contributed by atoms with Crippen LogP contribution in [0.4, 0.5) is 5.69 Å². The van der Waals surface area contributed by atoms with Crippen LogP contribution in [0.25, 0.3) is 0 Å². The number of hydrogen-bond donors (Lipinski definition) is 1. The van der Waals surface area contributed by atoms with Crippen molar-refractivity contribution >= 4 is 17.5 Å². The fourth-order valence-electron chi connectivity index (χ4n) is 7.89. The molecule has 9 atom stereocenters. The Labute approximate surface area is 247 Å².